The first-order chi connectivity index (χ1) is 8.38. The van der Waals surface area contributed by atoms with Crippen molar-refractivity contribution < 1.29 is 0 Å². The summed E-state index contributed by atoms with van der Waals surface area (Å²) in [5.41, 5.74) is 0.277. The standard InChI is InChI=1S/C16H34N2/c1-14(2)15-9-12-18(13-15)11-8-6-7-10-17-16(3,4)5/h14-15,17H,6-13H2,1-5H3. The second kappa shape index (κ2) is 7.49. The monoisotopic (exact) mass is 254 g/mol. The van der Waals surface area contributed by atoms with Crippen molar-refractivity contribution in [3.8, 4) is 0 Å². The molecule has 1 atom stereocenters. The van der Waals surface area contributed by atoms with E-state index in [1.165, 1.54) is 45.3 Å². The third-order valence-corrected chi connectivity index (χ3v) is 4.06. The minimum Gasteiger partial charge on any atom is -0.312 e. The summed E-state index contributed by atoms with van der Waals surface area (Å²) >= 11 is 0. The average Bonchev–Trinajstić information content (AvgIpc) is 2.70. The van der Waals surface area contributed by atoms with E-state index in [0.29, 0.717) is 0 Å². The summed E-state index contributed by atoms with van der Waals surface area (Å²) in [6, 6.07) is 0. The fourth-order valence-corrected chi connectivity index (χ4v) is 2.71. The molecule has 108 valence electrons. The number of nitrogens with zero attached hydrogens (tertiary/aromatic N) is 1. The van der Waals surface area contributed by atoms with E-state index in [1.807, 2.05) is 0 Å². The van der Waals surface area contributed by atoms with Gasteiger partial charge in [0.15, 0.2) is 0 Å². The van der Waals surface area contributed by atoms with E-state index in [1.54, 1.807) is 0 Å². The second-order valence-corrected chi connectivity index (χ2v) is 7.33. The maximum atomic E-state index is 3.56. The molecule has 0 aromatic carbocycles. The van der Waals surface area contributed by atoms with Crippen LogP contribution in [0.1, 0.15) is 60.3 Å². The number of hydrogen-bond acceptors (Lipinski definition) is 2. The third-order valence-electron chi connectivity index (χ3n) is 4.06. The molecule has 1 fully saturated rings. The molecular formula is C16H34N2. The van der Waals surface area contributed by atoms with Gasteiger partial charge in [-0.25, -0.2) is 0 Å². The molecule has 0 radical (unpaired) electrons. The molecule has 0 amide bonds. The van der Waals surface area contributed by atoms with Gasteiger partial charge in [0.05, 0.1) is 0 Å². The van der Waals surface area contributed by atoms with Gasteiger partial charge in [0.1, 0.15) is 0 Å². The molecule has 18 heavy (non-hydrogen) atoms. The molecule has 1 saturated heterocycles. The van der Waals surface area contributed by atoms with Crippen LogP contribution < -0.4 is 5.32 Å². The lowest BCUT2D eigenvalue weighted by molar-refractivity contribution is 0.295. The van der Waals surface area contributed by atoms with E-state index in [-0.39, 0.29) is 5.54 Å². The minimum atomic E-state index is 0.277. The first-order valence-electron chi connectivity index (χ1n) is 7.86. The van der Waals surface area contributed by atoms with Crippen molar-refractivity contribution in [1.82, 2.24) is 10.2 Å². The average molecular weight is 254 g/mol. The molecule has 1 aliphatic rings. The molecule has 1 unspecified atom stereocenters. The van der Waals surface area contributed by atoms with Gasteiger partial charge in [-0.15, -0.1) is 0 Å². The van der Waals surface area contributed by atoms with Crippen molar-refractivity contribution in [2.75, 3.05) is 26.2 Å². The Kier molecular flexibility index (Phi) is 6.65. The van der Waals surface area contributed by atoms with Crippen LogP contribution in [0.25, 0.3) is 0 Å². The van der Waals surface area contributed by atoms with Crippen LogP contribution in [-0.4, -0.2) is 36.6 Å². The predicted molar refractivity (Wildman–Crippen MR) is 81.0 cm³/mol. The van der Waals surface area contributed by atoms with Crippen LogP contribution in [0.3, 0.4) is 0 Å². The lowest BCUT2D eigenvalue weighted by atomic mass is 9.95. The SMILES string of the molecule is CC(C)C1CCN(CCCCCNC(C)(C)C)C1. The summed E-state index contributed by atoms with van der Waals surface area (Å²) in [6.07, 6.45) is 5.48. The number of likely N-dealkylation sites (tertiary alicyclic amines) is 1. The highest BCUT2D eigenvalue weighted by Gasteiger charge is 2.23. The Morgan fingerprint density at radius 2 is 1.89 bits per heavy atom. The lowest BCUT2D eigenvalue weighted by Crippen LogP contribution is -2.36. The van der Waals surface area contributed by atoms with Gasteiger partial charge in [0, 0.05) is 12.1 Å². The van der Waals surface area contributed by atoms with E-state index in [0.717, 1.165) is 18.4 Å². The fourth-order valence-electron chi connectivity index (χ4n) is 2.71. The first-order valence-corrected chi connectivity index (χ1v) is 7.86. The van der Waals surface area contributed by atoms with Gasteiger partial charge >= 0.3 is 0 Å². The van der Waals surface area contributed by atoms with Crippen LogP contribution in [0.5, 0.6) is 0 Å². The second-order valence-electron chi connectivity index (χ2n) is 7.33. The van der Waals surface area contributed by atoms with Gasteiger partial charge in [-0.1, -0.05) is 20.3 Å². The molecule has 0 aromatic heterocycles. The Morgan fingerprint density at radius 3 is 2.44 bits per heavy atom. The van der Waals surface area contributed by atoms with Gasteiger partial charge in [0.25, 0.3) is 0 Å². The molecule has 0 saturated carbocycles. The highest BCUT2D eigenvalue weighted by Crippen LogP contribution is 2.23. The van der Waals surface area contributed by atoms with Crippen LogP contribution >= 0.6 is 0 Å². The normalized spacial score (nSPS) is 22.0. The maximum absolute atomic E-state index is 3.56. The van der Waals surface area contributed by atoms with Gasteiger partial charge < -0.3 is 10.2 Å². The predicted octanol–water partition coefficient (Wildman–Crippen LogP) is 3.52. The Labute approximate surface area is 115 Å². The van der Waals surface area contributed by atoms with Gasteiger partial charge in [-0.3, -0.25) is 0 Å². The molecule has 0 spiro atoms. The molecule has 0 aromatic rings. The molecule has 0 bridgehead atoms. The summed E-state index contributed by atoms with van der Waals surface area (Å²) < 4.78 is 0. The Bertz CT molecular complexity index is 218. The van der Waals surface area contributed by atoms with Crippen LogP contribution in [0.2, 0.25) is 0 Å². The Balaban J connectivity index is 1.96. The number of rotatable bonds is 7. The molecule has 1 heterocycles. The lowest BCUT2D eigenvalue weighted by Gasteiger charge is -2.21. The van der Waals surface area contributed by atoms with Crippen LogP contribution in [0.4, 0.5) is 0 Å². The molecule has 1 N–H and O–H groups in total. The largest absolute Gasteiger partial charge is 0.312 e. The summed E-state index contributed by atoms with van der Waals surface area (Å²) in [4.78, 5) is 2.67. The summed E-state index contributed by atoms with van der Waals surface area (Å²) in [5, 5.41) is 3.56. The van der Waals surface area contributed by atoms with Gasteiger partial charge in [-0.05, 0) is 71.5 Å². The van der Waals surface area contributed by atoms with Crippen molar-refractivity contribution >= 4 is 0 Å². The zero-order chi connectivity index (χ0) is 13.6. The van der Waals surface area contributed by atoms with E-state index in [4.69, 9.17) is 0 Å². The summed E-state index contributed by atoms with van der Waals surface area (Å²) in [7, 11) is 0. The van der Waals surface area contributed by atoms with Crippen molar-refractivity contribution in [1.29, 1.82) is 0 Å². The summed E-state index contributed by atoms with van der Waals surface area (Å²) in [6.45, 7) is 16.6. The number of hydrogen-bond donors (Lipinski definition) is 1. The highest BCUT2D eigenvalue weighted by molar-refractivity contribution is 4.77. The van der Waals surface area contributed by atoms with E-state index < -0.39 is 0 Å². The molecule has 2 nitrogen and oxygen atoms in total. The summed E-state index contributed by atoms with van der Waals surface area (Å²) in [5.74, 6) is 1.82. The quantitative estimate of drug-likeness (QED) is 0.699. The van der Waals surface area contributed by atoms with Gasteiger partial charge in [-0.2, -0.15) is 0 Å². The van der Waals surface area contributed by atoms with Crippen LogP contribution in [0, 0.1) is 11.8 Å². The molecule has 2 heteroatoms. The van der Waals surface area contributed by atoms with Gasteiger partial charge in [0.2, 0.25) is 0 Å². The van der Waals surface area contributed by atoms with Crippen LogP contribution in [0.15, 0.2) is 0 Å². The number of unbranched alkanes of at least 4 members (excludes halogenated alkanes) is 2. The van der Waals surface area contributed by atoms with Crippen molar-refractivity contribution in [3.05, 3.63) is 0 Å². The molecule has 1 rings (SSSR count). The molecule has 1 aliphatic heterocycles. The van der Waals surface area contributed by atoms with E-state index >= 15 is 0 Å². The minimum absolute atomic E-state index is 0.277. The number of nitrogens with one attached hydrogen (secondary N) is 1. The van der Waals surface area contributed by atoms with E-state index in [2.05, 4.69) is 44.8 Å². The zero-order valence-corrected chi connectivity index (χ0v) is 13.3. The highest BCUT2D eigenvalue weighted by atomic mass is 15.1. The van der Waals surface area contributed by atoms with Crippen molar-refractivity contribution in [3.63, 3.8) is 0 Å². The third kappa shape index (κ3) is 6.75. The maximum Gasteiger partial charge on any atom is 0.00965 e. The molecular weight excluding hydrogens is 220 g/mol. The zero-order valence-electron chi connectivity index (χ0n) is 13.3. The molecule has 0 aliphatic carbocycles. The van der Waals surface area contributed by atoms with Crippen molar-refractivity contribution in [2.24, 2.45) is 11.8 Å². The van der Waals surface area contributed by atoms with Crippen LogP contribution in [-0.2, 0) is 0 Å². The smallest absolute Gasteiger partial charge is 0.00965 e. The Hall–Kier alpha value is -0.0800. The first kappa shape index (κ1) is 16.0. The van der Waals surface area contributed by atoms with Crippen molar-refractivity contribution in [2.45, 2.75) is 65.8 Å². The Morgan fingerprint density at radius 1 is 1.17 bits per heavy atom. The van der Waals surface area contributed by atoms with E-state index in [9.17, 15) is 0 Å². The topological polar surface area (TPSA) is 15.3 Å². The fraction of sp³-hybridized carbons (Fsp3) is 1.00.